The van der Waals surface area contributed by atoms with E-state index in [0.29, 0.717) is 6.07 Å². The number of benzene rings is 1. The number of hydrogen-bond donors (Lipinski definition) is 2. The van der Waals surface area contributed by atoms with E-state index in [4.69, 9.17) is 0 Å². The zero-order valence-corrected chi connectivity index (χ0v) is 9.59. The van der Waals surface area contributed by atoms with Crippen LogP contribution in [0.1, 0.15) is 15.9 Å². The number of halogens is 1. The topological polar surface area (TPSA) is 101 Å². The molecule has 2 rings (SSSR count). The molecule has 0 aliphatic carbocycles. The molecule has 0 aliphatic rings. The zero-order valence-electron chi connectivity index (χ0n) is 9.59. The van der Waals surface area contributed by atoms with Crippen molar-refractivity contribution in [2.45, 2.75) is 6.54 Å². The molecule has 0 unspecified atom stereocenters. The maximum Gasteiger partial charge on any atom is 0.272 e. The molecule has 0 atom stereocenters. The van der Waals surface area contributed by atoms with Gasteiger partial charge in [0.05, 0.1) is 22.7 Å². The van der Waals surface area contributed by atoms with E-state index in [9.17, 15) is 19.3 Å². The van der Waals surface area contributed by atoms with Crippen LogP contribution in [0.3, 0.4) is 0 Å². The summed E-state index contributed by atoms with van der Waals surface area (Å²) in [5, 5.41) is 19.2. The summed E-state index contributed by atoms with van der Waals surface area (Å²) < 4.78 is 13.5. The molecule has 0 aliphatic heterocycles. The van der Waals surface area contributed by atoms with Gasteiger partial charge in [0.2, 0.25) is 0 Å². The minimum absolute atomic E-state index is 0.186. The van der Waals surface area contributed by atoms with Gasteiger partial charge in [0.25, 0.3) is 11.6 Å². The summed E-state index contributed by atoms with van der Waals surface area (Å²) in [4.78, 5) is 21.4. The van der Waals surface area contributed by atoms with Crippen LogP contribution in [0.5, 0.6) is 0 Å². The number of amides is 1. The normalized spacial score (nSPS) is 10.2. The van der Waals surface area contributed by atoms with Crippen molar-refractivity contribution in [2.75, 3.05) is 0 Å². The Morgan fingerprint density at radius 2 is 2.32 bits per heavy atom. The Balaban J connectivity index is 2.09. The molecule has 2 aromatic rings. The van der Waals surface area contributed by atoms with Crippen LogP contribution in [0.15, 0.2) is 30.6 Å². The van der Waals surface area contributed by atoms with Crippen LogP contribution < -0.4 is 5.32 Å². The molecule has 98 valence electrons. The first-order valence-electron chi connectivity index (χ1n) is 5.27. The molecular weight excluding hydrogens is 255 g/mol. The number of aromatic nitrogens is 2. The summed E-state index contributed by atoms with van der Waals surface area (Å²) in [5.41, 5.74) is 0.0913. The average molecular weight is 264 g/mol. The second-order valence-electron chi connectivity index (χ2n) is 3.71. The number of hydrogen-bond acceptors (Lipinski definition) is 4. The maximum absolute atomic E-state index is 13.5. The first kappa shape index (κ1) is 12.7. The molecule has 0 saturated heterocycles. The minimum atomic E-state index is -0.932. The molecule has 1 aromatic carbocycles. The van der Waals surface area contributed by atoms with Gasteiger partial charge in [-0.1, -0.05) is 0 Å². The summed E-state index contributed by atoms with van der Waals surface area (Å²) >= 11 is 0. The second kappa shape index (κ2) is 5.25. The Morgan fingerprint density at radius 1 is 1.53 bits per heavy atom. The number of rotatable bonds is 4. The smallest absolute Gasteiger partial charge is 0.272 e. The second-order valence-corrected chi connectivity index (χ2v) is 3.71. The molecule has 2 N–H and O–H groups in total. The fourth-order valence-corrected chi connectivity index (χ4v) is 1.45. The van der Waals surface area contributed by atoms with Crippen LogP contribution in [0.2, 0.25) is 0 Å². The van der Waals surface area contributed by atoms with Gasteiger partial charge < -0.3 is 5.32 Å². The zero-order chi connectivity index (χ0) is 13.8. The van der Waals surface area contributed by atoms with Gasteiger partial charge in [0, 0.05) is 24.4 Å². The molecule has 1 aromatic heterocycles. The van der Waals surface area contributed by atoms with Gasteiger partial charge in [-0.25, -0.2) is 4.39 Å². The van der Waals surface area contributed by atoms with E-state index in [1.807, 2.05) is 0 Å². The van der Waals surface area contributed by atoms with E-state index in [1.54, 1.807) is 6.20 Å². The highest BCUT2D eigenvalue weighted by Gasteiger charge is 2.15. The highest BCUT2D eigenvalue weighted by atomic mass is 19.1. The van der Waals surface area contributed by atoms with Crippen molar-refractivity contribution in [3.05, 3.63) is 57.7 Å². The van der Waals surface area contributed by atoms with Crippen molar-refractivity contribution in [2.24, 2.45) is 0 Å². The van der Waals surface area contributed by atoms with Gasteiger partial charge >= 0.3 is 0 Å². The van der Waals surface area contributed by atoms with Gasteiger partial charge in [0.15, 0.2) is 0 Å². The predicted octanol–water partition coefficient (Wildman–Crippen LogP) is 1.39. The highest BCUT2D eigenvalue weighted by molar-refractivity contribution is 5.94. The number of nitrogens with zero attached hydrogens (tertiary/aromatic N) is 2. The first-order valence-corrected chi connectivity index (χ1v) is 5.27. The van der Waals surface area contributed by atoms with Gasteiger partial charge in [-0.3, -0.25) is 20.0 Å². The SMILES string of the molecule is O=C(NCc1cn[nH]c1)c1ccc([N+](=O)[O-])cc1F. The van der Waals surface area contributed by atoms with Crippen molar-refractivity contribution < 1.29 is 14.1 Å². The number of carbonyl (C=O) groups excluding carboxylic acids is 1. The molecule has 7 nitrogen and oxygen atoms in total. The summed E-state index contributed by atoms with van der Waals surface area (Å²) in [7, 11) is 0. The molecule has 8 heteroatoms. The van der Waals surface area contributed by atoms with E-state index < -0.39 is 22.3 Å². The molecule has 1 amide bonds. The number of H-pyrrole nitrogens is 1. The molecule has 1 heterocycles. The summed E-state index contributed by atoms with van der Waals surface area (Å²) in [6.45, 7) is 0.186. The van der Waals surface area contributed by atoms with Gasteiger partial charge in [-0.15, -0.1) is 0 Å². The van der Waals surface area contributed by atoms with Gasteiger partial charge in [0.1, 0.15) is 5.82 Å². The monoisotopic (exact) mass is 264 g/mol. The number of aromatic amines is 1. The third kappa shape index (κ3) is 2.92. The number of nitrogens with one attached hydrogen (secondary N) is 2. The van der Waals surface area contributed by atoms with Gasteiger partial charge in [-0.05, 0) is 6.07 Å². The summed E-state index contributed by atoms with van der Waals surface area (Å²) in [6, 6.07) is 2.88. The fourth-order valence-electron chi connectivity index (χ4n) is 1.45. The van der Waals surface area contributed by atoms with E-state index in [2.05, 4.69) is 15.5 Å². The predicted molar refractivity (Wildman–Crippen MR) is 62.8 cm³/mol. The van der Waals surface area contributed by atoms with Crippen LogP contribution in [-0.4, -0.2) is 21.0 Å². The van der Waals surface area contributed by atoms with E-state index in [-0.39, 0.29) is 12.1 Å². The lowest BCUT2D eigenvalue weighted by atomic mass is 10.1. The molecular formula is C11H9FN4O3. The summed E-state index contributed by atoms with van der Waals surface area (Å²) in [6.07, 6.45) is 3.11. The Labute approximate surface area is 106 Å². The van der Waals surface area contributed by atoms with Crippen LogP contribution in [0.25, 0.3) is 0 Å². The van der Waals surface area contributed by atoms with E-state index in [1.165, 1.54) is 6.20 Å². The average Bonchev–Trinajstić information content (AvgIpc) is 2.88. The van der Waals surface area contributed by atoms with E-state index >= 15 is 0 Å². The third-order valence-corrected chi connectivity index (χ3v) is 2.42. The number of nitro groups is 1. The lowest BCUT2D eigenvalue weighted by molar-refractivity contribution is -0.385. The van der Waals surface area contributed by atoms with E-state index in [0.717, 1.165) is 17.7 Å². The number of nitro benzene ring substituents is 1. The van der Waals surface area contributed by atoms with Crippen molar-refractivity contribution in [1.29, 1.82) is 0 Å². The lowest BCUT2D eigenvalue weighted by Gasteiger charge is -2.04. The number of non-ortho nitro benzene ring substituents is 1. The minimum Gasteiger partial charge on any atom is -0.348 e. The summed E-state index contributed by atoms with van der Waals surface area (Å²) in [5.74, 6) is -1.58. The molecule has 0 fully saturated rings. The lowest BCUT2D eigenvalue weighted by Crippen LogP contribution is -2.23. The maximum atomic E-state index is 13.5. The molecule has 0 saturated carbocycles. The molecule has 0 bridgehead atoms. The van der Waals surface area contributed by atoms with Crippen LogP contribution in [0, 0.1) is 15.9 Å². The van der Waals surface area contributed by atoms with Crippen molar-refractivity contribution >= 4 is 11.6 Å². The molecule has 0 spiro atoms. The Morgan fingerprint density at radius 3 is 2.89 bits per heavy atom. The quantitative estimate of drug-likeness (QED) is 0.643. The molecule has 0 radical (unpaired) electrons. The van der Waals surface area contributed by atoms with Crippen LogP contribution >= 0.6 is 0 Å². The number of carbonyl (C=O) groups is 1. The third-order valence-electron chi connectivity index (χ3n) is 2.42. The van der Waals surface area contributed by atoms with Crippen LogP contribution in [0.4, 0.5) is 10.1 Å². The Bertz CT molecular complexity index is 612. The molecule has 19 heavy (non-hydrogen) atoms. The van der Waals surface area contributed by atoms with Crippen molar-refractivity contribution in [3.63, 3.8) is 0 Å². The largest absolute Gasteiger partial charge is 0.348 e. The highest BCUT2D eigenvalue weighted by Crippen LogP contribution is 2.16. The Kier molecular flexibility index (Phi) is 3.51. The van der Waals surface area contributed by atoms with Crippen LogP contribution in [-0.2, 0) is 6.54 Å². The first-order chi connectivity index (χ1) is 9.08. The standard InChI is InChI=1S/C11H9FN4O3/c12-10-3-8(16(18)19)1-2-9(10)11(17)13-4-7-5-14-15-6-7/h1-3,5-6H,4H2,(H,13,17)(H,14,15). The Hall–Kier alpha value is -2.77. The van der Waals surface area contributed by atoms with Crippen molar-refractivity contribution in [3.8, 4) is 0 Å². The fraction of sp³-hybridized carbons (Fsp3) is 0.0909. The van der Waals surface area contributed by atoms with Crippen molar-refractivity contribution in [1.82, 2.24) is 15.5 Å². The van der Waals surface area contributed by atoms with Gasteiger partial charge in [-0.2, -0.15) is 5.10 Å².